The smallest absolute Gasteiger partial charge is 0.305 e. The quantitative estimate of drug-likeness (QED) is 0.316. The van der Waals surface area contributed by atoms with Crippen molar-refractivity contribution >= 4 is 12.3 Å². The number of ether oxygens (including phenoxy) is 5. The lowest BCUT2D eigenvalue weighted by atomic mass is 9.97. The van der Waals surface area contributed by atoms with Gasteiger partial charge in [0.15, 0.2) is 0 Å². The molecule has 19 heavy (non-hydrogen) atoms. The van der Waals surface area contributed by atoms with Gasteiger partial charge in [0, 0.05) is 35.4 Å². The summed E-state index contributed by atoms with van der Waals surface area (Å²) in [5, 5.41) is 0. The molecule has 0 spiro atoms. The monoisotopic (exact) mass is 278 g/mol. The predicted octanol–water partition coefficient (Wildman–Crippen LogP) is 0.0135. The van der Waals surface area contributed by atoms with Crippen molar-refractivity contribution in [2.75, 3.05) is 35.0 Å². The van der Waals surface area contributed by atoms with Gasteiger partial charge in [-0.2, -0.15) is 0 Å². The first kappa shape index (κ1) is 18.0. The lowest BCUT2D eigenvalue weighted by Crippen LogP contribution is -2.46. The van der Waals surface area contributed by atoms with E-state index in [0.29, 0.717) is 6.29 Å². The molecule has 0 amide bonds. The first-order valence-electron chi connectivity index (χ1n) is 5.75. The number of carbonyl (C=O) groups is 2. The second-order valence-corrected chi connectivity index (χ2v) is 3.86. The molecule has 0 aliphatic rings. The van der Waals surface area contributed by atoms with E-state index in [0.717, 1.165) is 0 Å². The Morgan fingerprint density at radius 1 is 1.11 bits per heavy atom. The highest BCUT2D eigenvalue weighted by molar-refractivity contribution is 5.66. The van der Waals surface area contributed by atoms with Crippen LogP contribution in [0.5, 0.6) is 0 Å². The van der Waals surface area contributed by atoms with E-state index in [9.17, 15) is 9.59 Å². The number of aldehydes is 1. The van der Waals surface area contributed by atoms with E-state index < -0.39 is 30.4 Å². The summed E-state index contributed by atoms with van der Waals surface area (Å²) in [4.78, 5) is 22.3. The molecule has 0 bridgehead atoms. The molecule has 0 aliphatic carbocycles. The predicted molar refractivity (Wildman–Crippen MR) is 65.6 cm³/mol. The Morgan fingerprint density at radius 3 is 2.05 bits per heavy atom. The highest BCUT2D eigenvalue weighted by atomic mass is 16.7. The van der Waals surface area contributed by atoms with E-state index >= 15 is 0 Å². The summed E-state index contributed by atoms with van der Waals surface area (Å²) in [5.41, 5.74) is 0. The van der Waals surface area contributed by atoms with Gasteiger partial charge in [0.1, 0.15) is 12.4 Å². The number of carbonyl (C=O) groups excluding carboxylic acids is 2. The Kier molecular flexibility index (Phi) is 9.32. The van der Waals surface area contributed by atoms with Gasteiger partial charge in [0.05, 0.1) is 18.6 Å². The molecular weight excluding hydrogens is 256 g/mol. The van der Waals surface area contributed by atoms with Gasteiger partial charge < -0.3 is 28.5 Å². The van der Waals surface area contributed by atoms with E-state index in [4.69, 9.17) is 23.7 Å². The standard InChI is InChI=1S/C12H22O7/c1-8(14)19-12(18-5)11(17-4)9(6-13)10(16-3)7-15-2/h6,9-12H,7H2,1-5H3/t9-,10+,11-,12?/m0/s1. The average molecular weight is 278 g/mol. The molecule has 0 aromatic heterocycles. The molecule has 7 heteroatoms. The minimum absolute atomic E-state index is 0.205. The molecule has 0 N–H and O–H groups in total. The third-order valence-electron chi connectivity index (χ3n) is 2.65. The molecule has 4 atom stereocenters. The lowest BCUT2D eigenvalue weighted by molar-refractivity contribution is -0.212. The van der Waals surface area contributed by atoms with Crippen LogP contribution < -0.4 is 0 Å². The van der Waals surface area contributed by atoms with Crippen LogP contribution in [0.1, 0.15) is 6.92 Å². The van der Waals surface area contributed by atoms with Crippen LogP contribution in [0.3, 0.4) is 0 Å². The van der Waals surface area contributed by atoms with Crippen molar-refractivity contribution in [3.05, 3.63) is 0 Å². The summed E-state index contributed by atoms with van der Waals surface area (Å²) >= 11 is 0. The van der Waals surface area contributed by atoms with Crippen LogP contribution in [0.4, 0.5) is 0 Å². The zero-order valence-corrected chi connectivity index (χ0v) is 12.0. The van der Waals surface area contributed by atoms with E-state index in [1.807, 2.05) is 0 Å². The number of methoxy groups -OCH3 is 4. The minimum atomic E-state index is -0.993. The second-order valence-electron chi connectivity index (χ2n) is 3.86. The number of hydrogen-bond donors (Lipinski definition) is 0. The second kappa shape index (κ2) is 9.85. The van der Waals surface area contributed by atoms with E-state index in [1.165, 1.54) is 35.4 Å². The van der Waals surface area contributed by atoms with Gasteiger partial charge in [0.25, 0.3) is 0 Å². The molecule has 0 aromatic rings. The van der Waals surface area contributed by atoms with Crippen LogP contribution in [0.15, 0.2) is 0 Å². The summed E-state index contributed by atoms with van der Waals surface area (Å²) in [7, 11) is 5.71. The highest BCUT2D eigenvalue weighted by Gasteiger charge is 2.37. The van der Waals surface area contributed by atoms with Crippen molar-refractivity contribution in [3.63, 3.8) is 0 Å². The van der Waals surface area contributed by atoms with Crippen LogP contribution in [0.25, 0.3) is 0 Å². The topological polar surface area (TPSA) is 80.3 Å². The fourth-order valence-corrected chi connectivity index (χ4v) is 1.74. The van der Waals surface area contributed by atoms with E-state index in [-0.39, 0.29) is 6.61 Å². The van der Waals surface area contributed by atoms with Crippen molar-refractivity contribution in [1.29, 1.82) is 0 Å². The number of hydrogen-bond acceptors (Lipinski definition) is 7. The molecule has 0 aliphatic heterocycles. The van der Waals surface area contributed by atoms with Gasteiger partial charge in [-0.15, -0.1) is 0 Å². The third-order valence-corrected chi connectivity index (χ3v) is 2.65. The summed E-state index contributed by atoms with van der Waals surface area (Å²) < 4.78 is 25.4. The van der Waals surface area contributed by atoms with Gasteiger partial charge >= 0.3 is 5.97 Å². The Hall–Kier alpha value is -1.02. The van der Waals surface area contributed by atoms with Gasteiger partial charge in [-0.3, -0.25) is 4.79 Å². The highest BCUT2D eigenvalue weighted by Crippen LogP contribution is 2.19. The molecule has 1 unspecified atom stereocenters. The number of esters is 1. The Balaban J connectivity index is 5.01. The molecule has 0 aromatic carbocycles. The molecule has 7 nitrogen and oxygen atoms in total. The molecule has 0 fully saturated rings. The van der Waals surface area contributed by atoms with Crippen molar-refractivity contribution in [1.82, 2.24) is 0 Å². The summed E-state index contributed by atoms with van der Waals surface area (Å²) in [5.74, 6) is -1.22. The summed E-state index contributed by atoms with van der Waals surface area (Å²) in [6.07, 6.45) is -1.63. The Morgan fingerprint density at radius 2 is 1.74 bits per heavy atom. The van der Waals surface area contributed by atoms with Crippen LogP contribution in [0, 0.1) is 5.92 Å². The van der Waals surface area contributed by atoms with Crippen LogP contribution >= 0.6 is 0 Å². The maximum absolute atomic E-state index is 11.3. The third kappa shape index (κ3) is 5.65. The van der Waals surface area contributed by atoms with Crippen molar-refractivity contribution in [3.8, 4) is 0 Å². The molecule has 0 radical (unpaired) electrons. The largest absolute Gasteiger partial charge is 0.433 e. The zero-order chi connectivity index (χ0) is 14.8. The molecule has 0 saturated carbocycles. The van der Waals surface area contributed by atoms with Gasteiger partial charge in [-0.05, 0) is 0 Å². The lowest BCUT2D eigenvalue weighted by Gasteiger charge is -2.31. The summed E-state index contributed by atoms with van der Waals surface area (Å²) in [6.45, 7) is 1.45. The SMILES string of the molecule is COC[C@@H](OC)[C@H](C=O)[C@H](OC)C(OC)OC(C)=O. The van der Waals surface area contributed by atoms with Gasteiger partial charge in [0.2, 0.25) is 6.29 Å². The van der Waals surface area contributed by atoms with Crippen LogP contribution in [-0.4, -0.2) is 65.8 Å². The fraction of sp³-hybridized carbons (Fsp3) is 0.833. The van der Waals surface area contributed by atoms with Crippen molar-refractivity contribution in [2.45, 2.75) is 25.4 Å². The first-order chi connectivity index (χ1) is 9.05. The molecule has 112 valence electrons. The van der Waals surface area contributed by atoms with E-state index in [2.05, 4.69) is 0 Å². The Bertz CT molecular complexity index is 269. The average Bonchev–Trinajstić information content (AvgIpc) is 2.40. The van der Waals surface area contributed by atoms with Crippen LogP contribution in [-0.2, 0) is 33.3 Å². The van der Waals surface area contributed by atoms with Crippen LogP contribution in [0.2, 0.25) is 0 Å². The molecule has 0 saturated heterocycles. The Labute approximate surface area is 113 Å². The van der Waals surface area contributed by atoms with E-state index in [1.54, 1.807) is 0 Å². The molecular formula is C12H22O7. The fourth-order valence-electron chi connectivity index (χ4n) is 1.74. The first-order valence-corrected chi connectivity index (χ1v) is 5.75. The van der Waals surface area contributed by atoms with Crippen molar-refractivity contribution in [2.24, 2.45) is 5.92 Å². The zero-order valence-electron chi connectivity index (χ0n) is 12.0. The van der Waals surface area contributed by atoms with Gasteiger partial charge in [-0.25, -0.2) is 0 Å². The van der Waals surface area contributed by atoms with Gasteiger partial charge in [-0.1, -0.05) is 0 Å². The molecule has 0 heterocycles. The van der Waals surface area contributed by atoms with Crippen molar-refractivity contribution < 1.29 is 33.3 Å². The minimum Gasteiger partial charge on any atom is -0.433 e. The maximum Gasteiger partial charge on any atom is 0.305 e. The molecule has 0 rings (SSSR count). The maximum atomic E-state index is 11.3. The number of rotatable bonds is 10. The normalized spacial score (nSPS) is 17.3. The summed E-state index contributed by atoms with van der Waals surface area (Å²) in [6, 6.07) is 0.